The largest absolute Gasteiger partial charge is 0.310 e. The van der Waals surface area contributed by atoms with Crippen molar-refractivity contribution in [2.24, 2.45) is 0 Å². The predicted molar refractivity (Wildman–Crippen MR) is 263 cm³/mol. The average Bonchev–Trinajstić information content (AvgIpc) is 3.57. The quantitative estimate of drug-likeness (QED) is 0.148. The average molecular weight is 792 g/mol. The monoisotopic (exact) mass is 791 g/mol. The zero-order chi connectivity index (χ0) is 41.6. The molecule has 1 heteroatoms. The number of benzene rings is 10. The summed E-state index contributed by atoms with van der Waals surface area (Å²) < 4.78 is 0. The smallest absolute Gasteiger partial charge is 0.0540 e. The minimum Gasteiger partial charge on any atom is -0.310 e. The van der Waals surface area contributed by atoms with E-state index in [9.17, 15) is 0 Å². The first-order valence-corrected chi connectivity index (χ1v) is 21.6. The molecule has 1 nitrogen and oxygen atoms in total. The maximum absolute atomic E-state index is 2.46. The summed E-state index contributed by atoms with van der Waals surface area (Å²) in [5, 5.41) is 2.50. The Labute approximate surface area is 364 Å². The Morgan fingerprint density at radius 2 is 0.774 bits per heavy atom. The van der Waals surface area contributed by atoms with E-state index in [2.05, 4.69) is 255 Å². The van der Waals surface area contributed by atoms with Crippen LogP contribution in [0.1, 0.15) is 25.0 Å². The van der Waals surface area contributed by atoms with Crippen molar-refractivity contribution >= 4 is 27.8 Å². The van der Waals surface area contributed by atoms with Crippen molar-refractivity contribution in [3.63, 3.8) is 0 Å². The Hall–Kier alpha value is -7.74. The first-order chi connectivity index (χ1) is 30.5. The fourth-order valence-corrected chi connectivity index (χ4v) is 9.92. The van der Waals surface area contributed by atoms with Gasteiger partial charge in [0.2, 0.25) is 0 Å². The summed E-state index contributed by atoms with van der Waals surface area (Å²) >= 11 is 0. The van der Waals surface area contributed by atoms with E-state index in [4.69, 9.17) is 0 Å². The minimum absolute atomic E-state index is 0.264. The van der Waals surface area contributed by atoms with Gasteiger partial charge in [0.15, 0.2) is 0 Å². The molecular weight excluding hydrogens is 747 g/mol. The second-order valence-corrected chi connectivity index (χ2v) is 16.9. The van der Waals surface area contributed by atoms with Gasteiger partial charge in [-0.05, 0) is 126 Å². The number of nitrogens with zero attached hydrogens (tertiary/aromatic N) is 1. The highest BCUT2D eigenvalue weighted by molar-refractivity contribution is 6.06. The Morgan fingerprint density at radius 1 is 0.306 bits per heavy atom. The normalized spacial score (nSPS) is 12.5. The molecular formula is C61H45N. The number of rotatable bonds is 8. The van der Waals surface area contributed by atoms with Crippen LogP contribution in [0.25, 0.3) is 77.5 Å². The Kier molecular flexibility index (Phi) is 9.24. The van der Waals surface area contributed by atoms with Crippen LogP contribution in [0.4, 0.5) is 17.1 Å². The molecule has 0 heterocycles. The molecule has 0 saturated heterocycles. The zero-order valence-electron chi connectivity index (χ0n) is 35.0. The van der Waals surface area contributed by atoms with Crippen LogP contribution in [-0.2, 0) is 5.41 Å². The third-order valence-corrected chi connectivity index (χ3v) is 12.8. The molecule has 0 saturated carbocycles. The number of hydrogen-bond donors (Lipinski definition) is 0. The van der Waals surface area contributed by atoms with E-state index in [1.165, 1.54) is 88.7 Å². The molecule has 0 radical (unpaired) electrons. The van der Waals surface area contributed by atoms with Gasteiger partial charge in [0, 0.05) is 22.4 Å². The summed E-state index contributed by atoms with van der Waals surface area (Å²) in [6.45, 7) is 4.81. The van der Waals surface area contributed by atoms with E-state index in [1.54, 1.807) is 0 Å². The van der Waals surface area contributed by atoms with Gasteiger partial charge in [0.1, 0.15) is 0 Å². The topological polar surface area (TPSA) is 3.24 Å². The second-order valence-electron chi connectivity index (χ2n) is 16.9. The van der Waals surface area contributed by atoms with E-state index >= 15 is 0 Å². The molecule has 0 amide bonds. The molecule has 62 heavy (non-hydrogen) atoms. The van der Waals surface area contributed by atoms with E-state index < -0.39 is 0 Å². The van der Waals surface area contributed by atoms with E-state index in [0.29, 0.717) is 0 Å². The molecule has 0 fully saturated rings. The van der Waals surface area contributed by atoms with E-state index in [0.717, 1.165) is 17.1 Å². The summed E-state index contributed by atoms with van der Waals surface area (Å²) in [5.41, 5.74) is 20.6. The van der Waals surface area contributed by atoms with E-state index in [-0.39, 0.29) is 5.41 Å². The summed E-state index contributed by atoms with van der Waals surface area (Å²) in [6.07, 6.45) is 0. The third kappa shape index (κ3) is 6.42. The molecule has 0 bridgehead atoms. The lowest BCUT2D eigenvalue weighted by atomic mass is 9.78. The Balaban J connectivity index is 1.08. The highest BCUT2D eigenvalue weighted by Gasteiger charge is 2.39. The lowest BCUT2D eigenvalue weighted by Crippen LogP contribution is -2.18. The number of para-hydroxylation sites is 1. The number of hydrogen-bond acceptors (Lipinski definition) is 1. The zero-order valence-corrected chi connectivity index (χ0v) is 35.0. The van der Waals surface area contributed by atoms with Crippen LogP contribution < -0.4 is 4.90 Å². The molecule has 1 aliphatic rings. The lowest BCUT2D eigenvalue weighted by molar-refractivity contribution is 0.662. The maximum Gasteiger partial charge on any atom is 0.0540 e. The van der Waals surface area contributed by atoms with Gasteiger partial charge < -0.3 is 4.90 Å². The van der Waals surface area contributed by atoms with E-state index in [1.807, 2.05) is 0 Å². The number of fused-ring (bicyclic) bond motifs is 4. The summed E-state index contributed by atoms with van der Waals surface area (Å²) in [7, 11) is 0. The third-order valence-electron chi connectivity index (χ3n) is 12.8. The molecule has 0 unspecified atom stereocenters. The maximum atomic E-state index is 2.46. The van der Waals surface area contributed by atoms with Crippen LogP contribution in [0.3, 0.4) is 0 Å². The van der Waals surface area contributed by atoms with Crippen LogP contribution in [0.5, 0.6) is 0 Å². The van der Waals surface area contributed by atoms with Crippen molar-refractivity contribution in [1.29, 1.82) is 0 Å². The van der Waals surface area contributed by atoms with Gasteiger partial charge in [-0.3, -0.25) is 0 Å². The van der Waals surface area contributed by atoms with Gasteiger partial charge in [0.05, 0.1) is 5.69 Å². The lowest BCUT2D eigenvalue weighted by Gasteiger charge is -2.30. The summed E-state index contributed by atoms with van der Waals surface area (Å²) in [5.74, 6) is 0. The van der Waals surface area contributed by atoms with Crippen molar-refractivity contribution in [3.05, 3.63) is 248 Å². The highest BCUT2D eigenvalue weighted by Crippen LogP contribution is 2.55. The van der Waals surface area contributed by atoms with Gasteiger partial charge in [0.25, 0.3) is 0 Å². The second kappa shape index (κ2) is 15.4. The number of anilines is 3. The summed E-state index contributed by atoms with van der Waals surface area (Å²) in [6, 6.07) is 86.5. The van der Waals surface area contributed by atoms with Gasteiger partial charge in [-0.15, -0.1) is 0 Å². The molecule has 10 aromatic carbocycles. The van der Waals surface area contributed by atoms with Gasteiger partial charge >= 0.3 is 0 Å². The molecule has 0 atom stereocenters. The first-order valence-electron chi connectivity index (χ1n) is 21.6. The van der Waals surface area contributed by atoms with Gasteiger partial charge in [-0.25, -0.2) is 0 Å². The van der Waals surface area contributed by atoms with Crippen molar-refractivity contribution in [1.82, 2.24) is 0 Å². The predicted octanol–water partition coefficient (Wildman–Crippen LogP) is 17.0. The van der Waals surface area contributed by atoms with Crippen LogP contribution in [-0.4, -0.2) is 0 Å². The first kappa shape index (κ1) is 37.3. The molecule has 0 aromatic heterocycles. The van der Waals surface area contributed by atoms with Crippen LogP contribution in [0.15, 0.2) is 237 Å². The van der Waals surface area contributed by atoms with Gasteiger partial charge in [-0.2, -0.15) is 0 Å². The Morgan fingerprint density at radius 3 is 1.39 bits per heavy atom. The molecule has 10 aromatic rings. The highest BCUT2D eigenvalue weighted by atomic mass is 15.1. The molecule has 294 valence electrons. The van der Waals surface area contributed by atoms with Crippen LogP contribution in [0.2, 0.25) is 0 Å². The molecule has 0 aliphatic heterocycles. The minimum atomic E-state index is -0.264. The van der Waals surface area contributed by atoms with Crippen molar-refractivity contribution < 1.29 is 0 Å². The molecule has 0 spiro atoms. The fraction of sp³-hybridized carbons (Fsp3) is 0.0492. The van der Waals surface area contributed by atoms with Crippen LogP contribution in [0, 0.1) is 0 Å². The standard InChI is InChI=1S/C61H45N/c1-61(2)57-41-50(37-38-54(57)56-40-48(42-19-7-3-8-20-42)39-55(60(56)61)45-25-13-6-14-26-45)62(58-32-16-15-29-51(58)43-21-9-4-10-22-43)49-35-33-46(34-36-49)53-31-18-28-47-27-17-30-52(59(47)53)44-23-11-5-12-24-44/h3-41H,1-2H3. The van der Waals surface area contributed by atoms with Gasteiger partial charge in [-0.1, -0.05) is 208 Å². The Bertz CT molecular complexity index is 3220. The SMILES string of the molecule is CC1(C)c2cc(N(c3ccc(-c4cccc5cccc(-c6ccccc6)c45)cc3)c3ccccc3-c3ccccc3)ccc2-c2cc(-c3ccccc3)cc(-c3ccccc3)c21. The van der Waals surface area contributed by atoms with Crippen molar-refractivity contribution in [2.75, 3.05) is 4.90 Å². The molecule has 11 rings (SSSR count). The van der Waals surface area contributed by atoms with Crippen molar-refractivity contribution in [2.45, 2.75) is 19.3 Å². The molecule has 0 N–H and O–H groups in total. The summed E-state index contributed by atoms with van der Waals surface area (Å²) in [4.78, 5) is 2.46. The molecule has 1 aliphatic carbocycles. The fourth-order valence-electron chi connectivity index (χ4n) is 9.92. The van der Waals surface area contributed by atoms with Crippen molar-refractivity contribution in [3.8, 4) is 66.8 Å². The van der Waals surface area contributed by atoms with Crippen LogP contribution >= 0.6 is 0 Å².